The van der Waals surface area contributed by atoms with Crippen molar-refractivity contribution in [1.29, 1.82) is 0 Å². The third-order valence-electron chi connectivity index (χ3n) is 6.40. The van der Waals surface area contributed by atoms with Crippen LogP contribution in [0.15, 0.2) is 82.0 Å². The number of carbonyl (C=O) groups is 2. The molecule has 4 rings (SSSR count). The molecule has 4 N–H and O–H groups in total. The maximum Gasteiger partial charge on any atom is 0.336 e. The molecule has 1 atom stereocenters. The van der Waals surface area contributed by atoms with Gasteiger partial charge in [0.05, 0.1) is 42.5 Å². The first-order chi connectivity index (χ1) is 18.9. The summed E-state index contributed by atoms with van der Waals surface area (Å²) in [6.45, 7) is 7.43. The van der Waals surface area contributed by atoms with E-state index in [1.807, 2.05) is 18.2 Å². The van der Waals surface area contributed by atoms with Gasteiger partial charge >= 0.3 is 5.97 Å². The fraction of sp³-hybridized carbons (Fsp3) is 0.379. The summed E-state index contributed by atoms with van der Waals surface area (Å²) in [6, 6.07) is 14.5. The number of hydrogen-bond acceptors (Lipinski definition) is 8. The summed E-state index contributed by atoms with van der Waals surface area (Å²) in [5, 5.41) is 3.87. The SMILES string of the molecule is CCOC(=O)C1=C(COCC[NH3+])NC2=C(C(=O)CC(C)(C)C2)C1c1ccccc1Cl.O=S(=O)([O-])c1ccccc1. The van der Waals surface area contributed by atoms with Gasteiger partial charge in [0.2, 0.25) is 0 Å². The molecule has 0 fully saturated rings. The highest BCUT2D eigenvalue weighted by Crippen LogP contribution is 2.48. The number of benzene rings is 2. The van der Waals surface area contributed by atoms with Crippen LogP contribution in [0, 0.1) is 5.41 Å². The topological polar surface area (TPSA) is 149 Å². The largest absolute Gasteiger partial charge is 0.744 e. The molecule has 0 saturated heterocycles. The molecule has 0 amide bonds. The second kappa shape index (κ2) is 13.6. The van der Waals surface area contributed by atoms with Gasteiger partial charge in [0, 0.05) is 28.6 Å². The van der Waals surface area contributed by atoms with Gasteiger partial charge in [-0.2, -0.15) is 0 Å². The maximum atomic E-state index is 13.3. The van der Waals surface area contributed by atoms with Crippen molar-refractivity contribution in [1.82, 2.24) is 5.32 Å². The summed E-state index contributed by atoms with van der Waals surface area (Å²) < 4.78 is 41.9. The molecule has 2 aromatic carbocycles. The van der Waals surface area contributed by atoms with Gasteiger partial charge in [0.15, 0.2) is 5.78 Å². The molecule has 0 spiro atoms. The van der Waals surface area contributed by atoms with Gasteiger partial charge in [-0.1, -0.05) is 61.8 Å². The molecule has 0 bridgehead atoms. The Bertz CT molecular complexity index is 1400. The Morgan fingerprint density at radius 3 is 2.35 bits per heavy atom. The van der Waals surface area contributed by atoms with Crippen molar-refractivity contribution in [2.45, 2.75) is 44.4 Å². The number of allylic oxidation sites excluding steroid dienone is 2. The molecule has 1 aliphatic heterocycles. The standard InChI is InChI=1S/C23H29ClN2O4.C6H6O3S/c1-4-30-22(28)21-17(13-29-10-9-25)26-16-11-23(2,3)12-18(27)20(16)19(21)14-7-5-6-8-15(14)24;7-10(8,9)6-4-2-1-3-5-6/h5-8,19,26H,4,9-13,25H2,1-3H3;1-5H,(H,7,8,9). The van der Waals surface area contributed by atoms with E-state index in [-0.39, 0.29) is 29.3 Å². The van der Waals surface area contributed by atoms with Gasteiger partial charge in [-0.15, -0.1) is 0 Å². The lowest BCUT2D eigenvalue weighted by Gasteiger charge is -2.40. The highest BCUT2D eigenvalue weighted by molar-refractivity contribution is 7.85. The van der Waals surface area contributed by atoms with Crippen molar-refractivity contribution in [3.05, 3.63) is 87.7 Å². The molecule has 1 heterocycles. The van der Waals surface area contributed by atoms with E-state index in [0.717, 1.165) is 11.3 Å². The third kappa shape index (κ3) is 7.80. The normalized spacial score (nSPS) is 18.4. The van der Waals surface area contributed by atoms with Gasteiger partial charge in [-0.05, 0) is 42.5 Å². The van der Waals surface area contributed by atoms with Crippen LogP contribution in [0.4, 0.5) is 0 Å². The molecule has 0 saturated carbocycles. The van der Waals surface area contributed by atoms with E-state index in [0.29, 0.717) is 47.9 Å². The molecule has 2 aromatic rings. The number of ketones is 1. The quantitative estimate of drug-likeness (QED) is 0.270. The van der Waals surface area contributed by atoms with Crippen LogP contribution in [0.2, 0.25) is 5.02 Å². The summed E-state index contributed by atoms with van der Waals surface area (Å²) in [7, 11) is -4.25. The summed E-state index contributed by atoms with van der Waals surface area (Å²) in [4.78, 5) is 26.2. The van der Waals surface area contributed by atoms with Crippen LogP contribution in [0.5, 0.6) is 0 Å². The number of rotatable bonds is 8. The van der Waals surface area contributed by atoms with Crippen molar-refractivity contribution in [3.8, 4) is 0 Å². The van der Waals surface area contributed by atoms with Crippen LogP contribution < -0.4 is 11.1 Å². The first-order valence-electron chi connectivity index (χ1n) is 13.0. The molecule has 216 valence electrons. The minimum absolute atomic E-state index is 0.0261. The minimum atomic E-state index is -4.25. The Kier molecular flexibility index (Phi) is 10.7. The van der Waals surface area contributed by atoms with Gasteiger partial charge < -0.3 is 25.1 Å². The summed E-state index contributed by atoms with van der Waals surface area (Å²) in [6.07, 6.45) is 1.11. The lowest BCUT2D eigenvalue weighted by Crippen LogP contribution is -2.52. The van der Waals surface area contributed by atoms with Crippen LogP contribution in [0.3, 0.4) is 0 Å². The first-order valence-corrected chi connectivity index (χ1v) is 14.7. The number of nitrogens with one attached hydrogen (secondary N) is 1. The van der Waals surface area contributed by atoms with Crippen LogP contribution in [0.25, 0.3) is 0 Å². The highest BCUT2D eigenvalue weighted by atomic mass is 35.5. The summed E-state index contributed by atoms with van der Waals surface area (Å²) in [5.74, 6) is -1.03. The van der Waals surface area contributed by atoms with Crippen molar-refractivity contribution < 1.29 is 37.8 Å². The molecule has 11 heteroatoms. The van der Waals surface area contributed by atoms with E-state index >= 15 is 0 Å². The first kappa shape index (κ1) is 31.5. The molecule has 0 radical (unpaired) electrons. The molecule has 1 unspecified atom stereocenters. The van der Waals surface area contributed by atoms with E-state index in [2.05, 4.69) is 24.9 Å². The molecule has 40 heavy (non-hydrogen) atoms. The molecule has 2 aliphatic rings. The van der Waals surface area contributed by atoms with E-state index in [4.69, 9.17) is 21.1 Å². The van der Waals surface area contributed by atoms with E-state index < -0.39 is 22.0 Å². The predicted octanol–water partition coefficient (Wildman–Crippen LogP) is 3.34. The Hall–Kier alpha value is -3.02. The number of ether oxygens (including phenoxy) is 2. The molecule has 1 aliphatic carbocycles. The number of halogens is 1. The monoisotopic (exact) mass is 590 g/mol. The maximum absolute atomic E-state index is 13.3. The number of dihydropyridines is 1. The summed E-state index contributed by atoms with van der Waals surface area (Å²) >= 11 is 6.55. The van der Waals surface area contributed by atoms with Gasteiger partial charge in [0.1, 0.15) is 10.1 Å². The average Bonchev–Trinajstić information content (AvgIpc) is 2.88. The van der Waals surface area contributed by atoms with E-state index in [9.17, 15) is 22.6 Å². The van der Waals surface area contributed by atoms with E-state index in [1.54, 1.807) is 19.1 Å². The number of carbonyl (C=O) groups excluding carboxylic acids is 2. The average molecular weight is 591 g/mol. The molecular formula is C29H35ClN2O7S. The fourth-order valence-corrected chi connectivity index (χ4v) is 5.53. The van der Waals surface area contributed by atoms with Gasteiger partial charge in [0.25, 0.3) is 0 Å². The molecule has 0 aromatic heterocycles. The number of esters is 1. The van der Waals surface area contributed by atoms with Crippen molar-refractivity contribution in [2.75, 3.05) is 26.4 Å². The zero-order chi connectivity index (χ0) is 29.5. The number of quaternary nitrogens is 1. The van der Waals surface area contributed by atoms with Crippen molar-refractivity contribution in [2.24, 2.45) is 5.41 Å². The number of Topliss-reactive ketones (excluding diaryl/α,β-unsaturated/α-hetero) is 1. The Morgan fingerprint density at radius 2 is 1.77 bits per heavy atom. The Morgan fingerprint density at radius 1 is 1.12 bits per heavy atom. The second-order valence-corrected chi connectivity index (χ2v) is 12.0. The number of hydrogen-bond donors (Lipinski definition) is 2. The smallest absolute Gasteiger partial charge is 0.336 e. The lowest BCUT2D eigenvalue weighted by atomic mass is 9.68. The highest BCUT2D eigenvalue weighted by Gasteiger charge is 2.44. The molecular weight excluding hydrogens is 556 g/mol. The fourth-order valence-electron chi connectivity index (χ4n) is 4.80. The Labute approximate surface area is 240 Å². The van der Waals surface area contributed by atoms with Crippen molar-refractivity contribution in [3.63, 3.8) is 0 Å². The van der Waals surface area contributed by atoms with Crippen LogP contribution in [0.1, 0.15) is 45.1 Å². The van der Waals surface area contributed by atoms with E-state index in [1.165, 1.54) is 24.3 Å². The predicted molar refractivity (Wildman–Crippen MR) is 149 cm³/mol. The second-order valence-electron chi connectivity index (χ2n) is 10.2. The molecule has 9 nitrogen and oxygen atoms in total. The Balaban J connectivity index is 0.000000371. The van der Waals surface area contributed by atoms with Crippen LogP contribution in [-0.2, 0) is 29.2 Å². The zero-order valence-corrected chi connectivity index (χ0v) is 24.4. The van der Waals surface area contributed by atoms with Crippen LogP contribution >= 0.6 is 11.6 Å². The van der Waals surface area contributed by atoms with Gasteiger partial charge in [-0.3, -0.25) is 4.79 Å². The summed E-state index contributed by atoms with van der Waals surface area (Å²) in [5.41, 5.74) is 6.80. The minimum Gasteiger partial charge on any atom is -0.744 e. The lowest BCUT2D eigenvalue weighted by molar-refractivity contribution is -0.373. The third-order valence-corrected chi connectivity index (χ3v) is 7.60. The van der Waals surface area contributed by atoms with Crippen molar-refractivity contribution >= 4 is 33.5 Å². The zero-order valence-electron chi connectivity index (χ0n) is 22.9. The van der Waals surface area contributed by atoms with Gasteiger partial charge in [-0.25, -0.2) is 13.2 Å². The van der Waals surface area contributed by atoms with Crippen LogP contribution in [-0.4, -0.2) is 51.1 Å².